The van der Waals surface area contributed by atoms with Gasteiger partial charge in [-0.15, -0.1) is 0 Å². The van der Waals surface area contributed by atoms with Gasteiger partial charge in [-0.2, -0.15) is 5.10 Å². The van der Waals surface area contributed by atoms with E-state index in [1.54, 1.807) is 29.0 Å². The monoisotopic (exact) mass is 336 g/mol. The van der Waals surface area contributed by atoms with Gasteiger partial charge in [-0.25, -0.2) is 4.68 Å². The molecular formula is C19H20N4O2. The van der Waals surface area contributed by atoms with Crippen LogP contribution in [0.15, 0.2) is 61.1 Å². The third kappa shape index (κ3) is 3.75. The number of carbonyl (C=O) groups is 1. The molecule has 0 amide bonds. The van der Waals surface area contributed by atoms with Crippen molar-refractivity contribution in [3.63, 3.8) is 0 Å². The lowest BCUT2D eigenvalue weighted by Gasteiger charge is -2.26. The third-order valence-electron chi connectivity index (χ3n) is 4.04. The van der Waals surface area contributed by atoms with Gasteiger partial charge in [0, 0.05) is 30.7 Å². The fraction of sp³-hybridized carbons (Fsp3) is 0.211. The molecule has 2 heterocycles. The van der Waals surface area contributed by atoms with Crippen molar-refractivity contribution in [2.75, 3.05) is 7.05 Å². The number of hydrogen-bond donors (Lipinski definition) is 1. The first-order valence-electron chi connectivity index (χ1n) is 8.00. The molecule has 0 aliphatic heterocycles. The summed E-state index contributed by atoms with van der Waals surface area (Å²) >= 11 is 0. The number of carboxylic acids is 1. The van der Waals surface area contributed by atoms with Crippen molar-refractivity contribution in [3.05, 3.63) is 77.9 Å². The number of hydrogen-bond acceptors (Lipinski definition) is 4. The van der Waals surface area contributed by atoms with E-state index in [4.69, 9.17) is 0 Å². The highest BCUT2D eigenvalue weighted by molar-refractivity contribution is 5.77. The SMILES string of the molecule is Cc1ccc(C(C(=O)O)N(C)Cc2ccccn2)c(-n2cccn2)c1. The largest absolute Gasteiger partial charge is 0.480 e. The van der Waals surface area contributed by atoms with E-state index < -0.39 is 12.0 Å². The van der Waals surface area contributed by atoms with Crippen LogP contribution in [0, 0.1) is 6.92 Å². The van der Waals surface area contributed by atoms with Gasteiger partial charge in [-0.1, -0.05) is 18.2 Å². The number of pyridine rings is 1. The van der Waals surface area contributed by atoms with E-state index in [0.717, 1.165) is 16.9 Å². The number of nitrogens with zero attached hydrogens (tertiary/aromatic N) is 4. The molecule has 25 heavy (non-hydrogen) atoms. The molecule has 0 radical (unpaired) electrons. The second-order valence-corrected chi connectivity index (χ2v) is 5.99. The fourth-order valence-corrected chi connectivity index (χ4v) is 2.89. The van der Waals surface area contributed by atoms with Crippen molar-refractivity contribution in [2.45, 2.75) is 19.5 Å². The van der Waals surface area contributed by atoms with Crippen LogP contribution in [0.5, 0.6) is 0 Å². The van der Waals surface area contributed by atoms with E-state index in [2.05, 4.69) is 10.1 Å². The highest BCUT2D eigenvalue weighted by atomic mass is 16.4. The van der Waals surface area contributed by atoms with Crippen molar-refractivity contribution in [2.24, 2.45) is 0 Å². The topological polar surface area (TPSA) is 71.2 Å². The molecule has 1 N–H and O–H groups in total. The van der Waals surface area contributed by atoms with Crippen LogP contribution >= 0.6 is 0 Å². The quantitative estimate of drug-likeness (QED) is 0.749. The average Bonchev–Trinajstić information content (AvgIpc) is 3.11. The Bertz CT molecular complexity index is 847. The minimum absolute atomic E-state index is 0.435. The summed E-state index contributed by atoms with van der Waals surface area (Å²) in [5.74, 6) is -0.907. The zero-order chi connectivity index (χ0) is 17.8. The second-order valence-electron chi connectivity index (χ2n) is 5.99. The van der Waals surface area contributed by atoms with E-state index in [9.17, 15) is 9.90 Å². The summed E-state index contributed by atoms with van der Waals surface area (Å²) in [6, 6.07) is 12.4. The number of likely N-dealkylation sites (N-methyl/N-ethyl adjacent to an activating group) is 1. The van der Waals surface area contributed by atoms with E-state index in [-0.39, 0.29) is 0 Å². The second kappa shape index (κ2) is 7.27. The molecule has 6 heteroatoms. The van der Waals surface area contributed by atoms with Gasteiger partial charge in [0.2, 0.25) is 0 Å². The molecule has 1 aromatic carbocycles. The van der Waals surface area contributed by atoms with Gasteiger partial charge in [0.05, 0.1) is 11.4 Å². The molecule has 0 bridgehead atoms. The predicted molar refractivity (Wildman–Crippen MR) is 94.4 cm³/mol. The Morgan fingerprint density at radius 1 is 1.24 bits per heavy atom. The zero-order valence-electron chi connectivity index (χ0n) is 14.2. The van der Waals surface area contributed by atoms with Crippen molar-refractivity contribution < 1.29 is 9.90 Å². The van der Waals surface area contributed by atoms with Gasteiger partial charge in [-0.3, -0.25) is 14.7 Å². The molecule has 1 atom stereocenters. The maximum atomic E-state index is 12.0. The van der Waals surface area contributed by atoms with Gasteiger partial charge >= 0.3 is 5.97 Å². The Morgan fingerprint density at radius 2 is 2.08 bits per heavy atom. The molecule has 3 rings (SSSR count). The minimum Gasteiger partial charge on any atom is -0.480 e. The molecule has 2 aromatic heterocycles. The molecule has 0 aliphatic rings. The molecule has 0 saturated heterocycles. The summed E-state index contributed by atoms with van der Waals surface area (Å²) < 4.78 is 1.70. The molecule has 0 saturated carbocycles. The summed E-state index contributed by atoms with van der Waals surface area (Å²) in [5, 5.41) is 14.1. The van der Waals surface area contributed by atoms with E-state index >= 15 is 0 Å². The van der Waals surface area contributed by atoms with Crippen LogP contribution in [0.25, 0.3) is 5.69 Å². The van der Waals surface area contributed by atoms with Crippen molar-refractivity contribution in [3.8, 4) is 5.69 Å². The third-order valence-corrected chi connectivity index (χ3v) is 4.04. The Morgan fingerprint density at radius 3 is 2.72 bits per heavy atom. The van der Waals surface area contributed by atoms with Crippen LogP contribution in [0.3, 0.4) is 0 Å². The summed E-state index contributed by atoms with van der Waals surface area (Å²) in [4.78, 5) is 18.1. The number of rotatable bonds is 6. The Kier molecular flexibility index (Phi) is 4.90. The van der Waals surface area contributed by atoms with Crippen molar-refractivity contribution in [1.29, 1.82) is 0 Å². The van der Waals surface area contributed by atoms with Gasteiger partial charge in [0.15, 0.2) is 0 Å². The number of carboxylic acid groups (broad SMARTS) is 1. The number of aryl methyl sites for hydroxylation is 1. The average molecular weight is 336 g/mol. The molecule has 0 aliphatic carbocycles. The fourth-order valence-electron chi connectivity index (χ4n) is 2.89. The van der Waals surface area contributed by atoms with E-state index in [0.29, 0.717) is 12.1 Å². The van der Waals surface area contributed by atoms with Crippen molar-refractivity contribution >= 4 is 5.97 Å². The van der Waals surface area contributed by atoms with Crippen LogP contribution in [-0.2, 0) is 11.3 Å². The molecule has 3 aromatic rings. The first kappa shape index (κ1) is 16.9. The first-order chi connectivity index (χ1) is 12.1. The highest BCUT2D eigenvalue weighted by Gasteiger charge is 2.28. The maximum Gasteiger partial charge on any atom is 0.325 e. The lowest BCUT2D eigenvalue weighted by Crippen LogP contribution is -2.31. The number of aliphatic carboxylic acids is 1. The summed E-state index contributed by atoms with van der Waals surface area (Å²) in [6.45, 7) is 2.41. The van der Waals surface area contributed by atoms with Crippen LogP contribution in [-0.4, -0.2) is 37.8 Å². The lowest BCUT2D eigenvalue weighted by atomic mass is 10.0. The van der Waals surface area contributed by atoms with Gasteiger partial charge in [0.1, 0.15) is 6.04 Å². The molecule has 6 nitrogen and oxygen atoms in total. The predicted octanol–water partition coefficient (Wildman–Crippen LogP) is 2.83. The van der Waals surface area contributed by atoms with Gasteiger partial charge in [-0.05, 0) is 43.8 Å². The first-order valence-corrected chi connectivity index (χ1v) is 8.00. The molecule has 0 fully saturated rings. The molecule has 128 valence electrons. The smallest absolute Gasteiger partial charge is 0.325 e. The maximum absolute atomic E-state index is 12.0. The molecule has 0 spiro atoms. The van der Waals surface area contributed by atoms with Crippen molar-refractivity contribution in [1.82, 2.24) is 19.7 Å². The van der Waals surface area contributed by atoms with Crippen LogP contribution in [0.4, 0.5) is 0 Å². The summed E-state index contributed by atoms with van der Waals surface area (Å²) in [5.41, 5.74) is 3.33. The van der Waals surface area contributed by atoms with Crippen LogP contribution < -0.4 is 0 Å². The Hall–Kier alpha value is -2.99. The zero-order valence-corrected chi connectivity index (χ0v) is 14.2. The summed E-state index contributed by atoms with van der Waals surface area (Å²) in [6.07, 6.45) is 5.20. The Balaban J connectivity index is 2.00. The number of aromatic nitrogens is 3. The summed E-state index contributed by atoms with van der Waals surface area (Å²) in [7, 11) is 1.79. The van der Waals surface area contributed by atoms with Gasteiger partial charge in [0.25, 0.3) is 0 Å². The lowest BCUT2D eigenvalue weighted by molar-refractivity contribution is -0.143. The molecule has 1 unspecified atom stereocenters. The van der Waals surface area contributed by atoms with Crippen LogP contribution in [0.1, 0.15) is 22.9 Å². The standard InChI is InChI=1S/C19H20N4O2/c1-14-7-8-16(17(12-14)23-11-5-10-21-23)18(19(24)25)22(2)13-15-6-3-4-9-20-15/h3-12,18H,13H2,1-2H3,(H,24,25). The van der Waals surface area contributed by atoms with E-state index in [1.165, 1.54) is 0 Å². The highest BCUT2D eigenvalue weighted by Crippen LogP contribution is 2.28. The number of benzene rings is 1. The Labute approximate surface area is 146 Å². The minimum atomic E-state index is -0.907. The van der Waals surface area contributed by atoms with Gasteiger partial charge < -0.3 is 5.11 Å². The normalized spacial score (nSPS) is 12.3. The van der Waals surface area contributed by atoms with Crippen LogP contribution in [0.2, 0.25) is 0 Å². The molecular weight excluding hydrogens is 316 g/mol. The van der Waals surface area contributed by atoms with E-state index in [1.807, 2.05) is 55.6 Å².